The quantitative estimate of drug-likeness (QED) is 0.283. The molecular formula is C9H13NO5S. The predicted octanol–water partition coefficient (Wildman–Crippen LogP) is 1.11. The Hall–Kier alpha value is -1.34. The van der Waals surface area contributed by atoms with Crippen LogP contribution in [0.1, 0.15) is 19.4 Å². The van der Waals surface area contributed by atoms with E-state index >= 15 is 0 Å². The molecular weight excluding hydrogens is 234 g/mol. The lowest BCUT2D eigenvalue weighted by Crippen LogP contribution is -2.12. The van der Waals surface area contributed by atoms with Crippen LogP contribution in [0.5, 0.6) is 0 Å². The van der Waals surface area contributed by atoms with Gasteiger partial charge in [0.1, 0.15) is 6.26 Å². The molecule has 1 rings (SSSR count). The van der Waals surface area contributed by atoms with E-state index in [1.165, 1.54) is 6.21 Å². The Morgan fingerprint density at radius 3 is 2.69 bits per heavy atom. The van der Waals surface area contributed by atoms with E-state index in [1.807, 2.05) is 13.8 Å². The Kier molecular flexibility index (Phi) is 3.71. The minimum atomic E-state index is -4.35. The van der Waals surface area contributed by atoms with Crippen molar-refractivity contribution in [2.45, 2.75) is 18.9 Å². The molecule has 0 aliphatic carbocycles. The molecule has 6 nitrogen and oxygen atoms in total. The number of rotatable bonds is 4. The largest absolute Gasteiger partial charge is 0.624 e. The molecule has 0 bridgehead atoms. The highest BCUT2D eigenvalue weighted by atomic mass is 32.2. The molecule has 0 unspecified atom stereocenters. The zero-order valence-electron chi connectivity index (χ0n) is 8.95. The van der Waals surface area contributed by atoms with Gasteiger partial charge in [0.15, 0.2) is 12.8 Å². The number of hydrogen-bond donors (Lipinski definition) is 1. The van der Waals surface area contributed by atoms with Crippen molar-refractivity contribution < 1.29 is 22.1 Å². The van der Waals surface area contributed by atoms with E-state index < -0.39 is 15.2 Å². The van der Waals surface area contributed by atoms with Crippen molar-refractivity contribution in [3.63, 3.8) is 0 Å². The summed E-state index contributed by atoms with van der Waals surface area (Å²) in [5.74, 6) is 0.196. The lowest BCUT2D eigenvalue weighted by Gasteiger charge is -2.04. The third kappa shape index (κ3) is 3.67. The first-order valence-corrected chi connectivity index (χ1v) is 6.07. The van der Waals surface area contributed by atoms with Gasteiger partial charge in [-0.2, -0.15) is 8.42 Å². The molecule has 1 N–H and O–H groups in total. The van der Waals surface area contributed by atoms with Gasteiger partial charge in [0, 0.05) is 12.0 Å². The molecule has 0 aliphatic rings. The maximum absolute atomic E-state index is 11.3. The second-order valence-electron chi connectivity index (χ2n) is 3.80. The van der Waals surface area contributed by atoms with Crippen molar-refractivity contribution in [3.8, 4) is 0 Å². The molecule has 0 amide bonds. The van der Waals surface area contributed by atoms with Gasteiger partial charge in [-0.3, -0.25) is 4.55 Å². The predicted molar refractivity (Wildman–Crippen MR) is 57.0 cm³/mol. The van der Waals surface area contributed by atoms with Crippen LogP contribution in [0, 0.1) is 11.1 Å². The average Bonchev–Trinajstić information content (AvgIpc) is 2.49. The van der Waals surface area contributed by atoms with Crippen molar-refractivity contribution in [2.75, 3.05) is 6.54 Å². The van der Waals surface area contributed by atoms with Crippen molar-refractivity contribution in [1.29, 1.82) is 0 Å². The lowest BCUT2D eigenvalue weighted by molar-refractivity contribution is -0.459. The van der Waals surface area contributed by atoms with Gasteiger partial charge in [0.25, 0.3) is 0 Å². The molecule has 1 aromatic rings. The molecule has 0 fully saturated rings. The van der Waals surface area contributed by atoms with Gasteiger partial charge < -0.3 is 9.62 Å². The third-order valence-corrected chi connectivity index (χ3v) is 2.41. The fourth-order valence-electron chi connectivity index (χ4n) is 1.11. The molecule has 1 aromatic heterocycles. The Labute approximate surface area is 93.5 Å². The summed E-state index contributed by atoms with van der Waals surface area (Å²) in [6.07, 6.45) is 2.30. The summed E-state index contributed by atoms with van der Waals surface area (Å²) >= 11 is 0. The van der Waals surface area contributed by atoms with Crippen LogP contribution in [-0.2, 0) is 10.1 Å². The first-order chi connectivity index (χ1) is 7.29. The Bertz CT molecular complexity index is 486. The van der Waals surface area contributed by atoms with Gasteiger partial charge in [-0.25, -0.2) is 4.74 Å². The van der Waals surface area contributed by atoms with E-state index in [4.69, 9.17) is 4.55 Å². The minimum absolute atomic E-state index is 0.196. The summed E-state index contributed by atoms with van der Waals surface area (Å²) in [6.45, 7) is 4.07. The van der Waals surface area contributed by atoms with Gasteiger partial charge in [0.2, 0.25) is 5.09 Å². The van der Waals surface area contributed by atoms with Crippen LogP contribution in [-0.4, -0.2) is 30.5 Å². The number of furan rings is 1. The second-order valence-corrected chi connectivity index (χ2v) is 5.15. The molecule has 0 saturated heterocycles. The first-order valence-electron chi connectivity index (χ1n) is 4.63. The van der Waals surface area contributed by atoms with E-state index in [2.05, 4.69) is 4.42 Å². The van der Waals surface area contributed by atoms with Crippen LogP contribution in [0.15, 0.2) is 21.8 Å². The maximum Gasteiger partial charge on any atom is 0.328 e. The molecule has 7 heteroatoms. The highest BCUT2D eigenvalue weighted by molar-refractivity contribution is 7.85. The van der Waals surface area contributed by atoms with Gasteiger partial charge in [-0.1, -0.05) is 13.8 Å². The average molecular weight is 247 g/mol. The molecule has 0 aliphatic heterocycles. The normalized spacial score (nSPS) is 13.4. The summed E-state index contributed by atoms with van der Waals surface area (Å²) in [5.41, 5.74) is 0.295. The van der Waals surface area contributed by atoms with Crippen LogP contribution in [0.2, 0.25) is 0 Å². The highest BCUT2D eigenvalue weighted by Crippen LogP contribution is 2.11. The highest BCUT2D eigenvalue weighted by Gasteiger charge is 2.15. The van der Waals surface area contributed by atoms with Gasteiger partial charge in [-0.15, -0.1) is 0 Å². The van der Waals surface area contributed by atoms with Gasteiger partial charge in [-0.05, 0) is 0 Å². The minimum Gasteiger partial charge on any atom is -0.624 e. The van der Waals surface area contributed by atoms with Gasteiger partial charge in [0.05, 0.1) is 5.56 Å². The summed E-state index contributed by atoms with van der Waals surface area (Å²) in [7, 11) is -4.35. The first kappa shape index (κ1) is 12.7. The fourth-order valence-corrected chi connectivity index (χ4v) is 1.57. The van der Waals surface area contributed by atoms with Crippen LogP contribution in [0.4, 0.5) is 0 Å². The smallest absolute Gasteiger partial charge is 0.328 e. The Morgan fingerprint density at radius 2 is 2.25 bits per heavy atom. The van der Waals surface area contributed by atoms with Crippen molar-refractivity contribution in [2.24, 2.45) is 5.92 Å². The van der Waals surface area contributed by atoms with E-state index in [1.54, 1.807) is 0 Å². The Balaban J connectivity index is 2.88. The molecule has 0 aromatic carbocycles. The monoisotopic (exact) mass is 247 g/mol. The second kappa shape index (κ2) is 4.67. The van der Waals surface area contributed by atoms with Crippen LogP contribution in [0.25, 0.3) is 0 Å². The van der Waals surface area contributed by atoms with Crippen LogP contribution in [0.3, 0.4) is 0 Å². The summed E-state index contributed by atoms with van der Waals surface area (Å²) in [5, 5.41) is 10.7. The summed E-state index contributed by atoms with van der Waals surface area (Å²) < 4.78 is 35.3. The lowest BCUT2D eigenvalue weighted by atomic mass is 10.2. The molecule has 1 heterocycles. The summed E-state index contributed by atoms with van der Waals surface area (Å²) in [4.78, 5) is 0. The van der Waals surface area contributed by atoms with Crippen LogP contribution >= 0.6 is 0 Å². The van der Waals surface area contributed by atoms with Crippen molar-refractivity contribution in [3.05, 3.63) is 23.1 Å². The van der Waals surface area contributed by atoms with E-state index in [0.29, 0.717) is 16.8 Å². The van der Waals surface area contributed by atoms with E-state index in [0.717, 1.165) is 12.3 Å². The van der Waals surface area contributed by atoms with Gasteiger partial charge >= 0.3 is 10.1 Å². The SMILES string of the molecule is CC(C)C[N+]([O-])=Cc1coc(S(=O)(=O)O)c1. The number of hydroxylamine groups is 1. The summed E-state index contributed by atoms with van der Waals surface area (Å²) in [6, 6.07) is 1.08. The zero-order chi connectivity index (χ0) is 12.3. The molecule has 0 spiro atoms. The zero-order valence-corrected chi connectivity index (χ0v) is 9.77. The molecule has 0 atom stereocenters. The van der Waals surface area contributed by atoms with Crippen molar-refractivity contribution >= 4 is 16.3 Å². The molecule has 90 valence electrons. The van der Waals surface area contributed by atoms with E-state index in [9.17, 15) is 13.6 Å². The molecule has 0 saturated carbocycles. The topological polar surface area (TPSA) is 93.6 Å². The number of hydrogen-bond acceptors (Lipinski definition) is 4. The molecule has 0 radical (unpaired) electrons. The fraction of sp³-hybridized carbons (Fsp3) is 0.444. The van der Waals surface area contributed by atoms with E-state index in [-0.39, 0.29) is 5.92 Å². The molecule has 16 heavy (non-hydrogen) atoms. The van der Waals surface area contributed by atoms with Crippen LogP contribution < -0.4 is 0 Å². The standard InChI is InChI=1S/C9H13NO5S/c1-7(2)4-10(11)5-8-3-9(15-6-8)16(12,13)14/h3,5-7H,4H2,1-2H3,(H,12,13,14). The third-order valence-electron chi connectivity index (χ3n) is 1.69. The number of nitrogens with zero attached hydrogens (tertiary/aromatic N) is 1. The Morgan fingerprint density at radius 1 is 1.62 bits per heavy atom. The maximum atomic E-state index is 11.3. The van der Waals surface area contributed by atoms with Crippen molar-refractivity contribution in [1.82, 2.24) is 0 Å².